The van der Waals surface area contributed by atoms with Gasteiger partial charge in [0.25, 0.3) is 5.91 Å². The molecule has 7 nitrogen and oxygen atoms in total. The number of aromatic nitrogens is 2. The maximum atomic E-state index is 12.8. The molecule has 5 rings (SSSR count). The summed E-state index contributed by atoms with van der Waals surface area (Å²) in [4.78, 5) is 24.4. The lowest BCUT2D eigenvalue weighted by Gasteiger charge is -2.36. The highest BCUT2D eigenvalue weighted by Gasteiger charge is 2.38. The first-order valence-corrected chi connectivity index (χ1v) is 12.2. The quantitative estimate of drug-likeness (QED) is 0.511. The molecule has 2 aromatic carbocycles. The second kappa shape index (κ2) is 11.2. The van der Waals surface area contributed by atoms with E-state index in [1.54, 1.807) is 4.68 Å². The zero-order chi connectivity index (χ0) is 26.6. The molecule has 0 bridgehead atoms. The van der Waals surface area contributed by atoms with E-state index in [-0.39, 0.29) is 5.91 Å². The van der Waals surface area contributed by atoms with Crippen molar-refractivity contribution in [2.45, 2.75) is 51.2 Å². The summed E-state index contributed by atoms with van der Waals surface area (Å²) in [5.41, 5.74) is 5.95. The Kier molecular flexibility index (Phi) is 7.97. The molecule has 1 aliphatic heterocycles. The van der Waals surface area contributed by atoms with Crippen LogP contribution >= 0.6 is 0 Å². The molecule has 1 amide bonds. The fourth-order valence-electron chi connectivity index (χ4n) is 4.55. The molecule has 0 atom stereocenters. The van der Waals surface area contributed by atoms with Gasteiger partial charge in [-0.15, -0.1) is 0 Å². The van der Waals surface area contributed by atoms with E-state index in [9.17, 15) is 18.0 Å². The van der Waals surface area contributed by atoms with Crippen LogP contribution in [0.4, 0.5) is 18.9 Å². The molecule has 2 aliphatic rings. The monoisotopic (exact) mass is 514 g/mol. The second-order valence-electron chi connectivity index (χ2n) is 9.28. The number of fused-ring (bicyclic) bond motifs is 1. The largest absolute Gasteiger partial charge is 0.490 e. The third-order valence-corrected chi connectivity index (χ3v) is 6.76. The van der Waals surface area contributed by atoms with Gasteiger partial charge in [0.05, 0.1) is 5.69 Å². The summed E-state index contributed by atoms with van der Waals surface area (Å²) in [5.74, 6) is -2.93. The standard InChI is InChI=1S/C25H28N4O.C2HF3O2/c1-18-16-24(27-29(18)23-6-3-2-4-7-23)25(30)26-21-11-10-19-12-14-28(22-8-5-9-22)15-13-20(19)17-21;3-2(4,5)1(6)7/h2-4,6-7,10-11,16-17,22H,5,8-9,12-15H2,1H3,(H,26,30);(H,6,7). The van der Waals surface area contributed by atoms with Gasteiger partial charge < -0.3 is 10.4 Å². The number of carboxylic acids is 1. The topological polar surface area (TPSA) is 87.5 Å². The predicted octanol–water partition coefficient (Wildman–Crippen LogP) is 5.02. The third-order valence-electron chi connectivity index (χ3n) is 6.76. The van der Waals surface area contributed by atoms with Crippen LogP contribution in [0.2, 0.25) is 0 Å². The van der Waals surface area contributed by atoms with Crippen molar-refractivity contribution in [3.63, 3.8) is 0 Å². The van der Waals surface area contributed by atoms with Gasteiger partial charge in [-0.25, -0.2) is 9.48 Å². The van der Waals surface area contributed by atoms with Crippen molar-refractivity contribution in [1.82, 2.24) is 14.7 Å². The highest BCUT2D eigenvalue weighted by atomic mass is 19.4. The number of rotatable bonds is 4. The molecule has 2 heterocycles. The first-order chi connectivity index (χ1) is 17.6. The van der Waals surface area contributed by atoms with Crippen molar-refractivity contribution in [3.8, 4) is 5.69 Å². The molecule has 0 saturated heterocycles. The van der Waals surface area contributed by atoms with Gasteiger partial charge in [0.1, 0.15) is 0 Å². The van der Waals surface area contributed by atoms with Crippen molar-refractivity contribution >= 4 is 17.6 Å². The number of nitrogens with zero attached hydrogens (tertiary/aromatic N) is 3. The van der Waals surface area contributed by atoms with E-state index in [0.29, 0.717) is 5.69 Å². The van der Waals surface area contributed by atoms with E-state index < -0.39 is 12.1 Å². The second-order valence-corrected chi connectivity index (χ2v) is 9.28. The van der Waals surface area contributed by atoms with Gasteiger partial charge in [0.15, 0.2) is 5.69 Å². The zero-order valence-corrected chi connectivity index (χ0v) is 20.5. The van der Waals surface area contributed by atoms with Gasteiger partial charge in [0.2, 0.25) is 0 Å². The maximum Gasteiger partial charge on any atom is 0.490 e. The fraction of sp³-hybridized carbons (Fsp3) is 0.370. The summed E-state index contributed by atoms with van der Waals surface area (Å²) in [5, 5.41) is 14.7. The van der Waals surface area contributed by atoms with E-state index in [4.69, 9.17) is 9.90 Å². The number of amides is 1. The minimum absolute atomic E-state index is 0.169. The van der Waals surface area contributed by atoms with Gasteiger partial charge in [-0.05, 0) is 74.1 Å². The Labute approximate surface area is 212 Å². The average Bonchev–Trinajstić information content (AvgIpc) is 3.10. The number of para-hydroxylation sites is 1. The number of carboxylic acid groups (broad SMARTS) is 1. The van der Waals surface area contributed by atoms with Crippen LogP contribution < -0.4 is 5.32 Å². The van der Waals surface area contributed by atoms with Crippen LogP contribution in [0.1, 0.15) is 46.6 Å². The van der Waals surface area contributed by atoms with Crippen LogP contribution in [0.3, 0.4) is 0 Å². The van der Waals surface area contributed by atoms with Crippen LogP contribution in [-0.4, -0.2) is 57.0 Å². The number of nitrogens with one attached hydrogen (secondary N) is 1. The highest BCUT2D eigenvalue weighted by Crippen LogP contribution is 2.28. The number of hydrogen-bond acceptors (Lipinski definition) is 4. The maximum absolute atomic E-state index is 12.8. The van der Waals surface area contributed by atoms with Crippen molar-refractivity contribution in [3.05, 3.63) is 77.1 Å². The van der Waals surface area contributed by atoms with Crippen LogP contribution in [0, 0.1) is 6.92 Å². The average molecular weight is 515 g/mol. The first kappa shape index (κ1) is 26.4. The van der Waals surface area contributed by atoms with E-state index in [1.807, 2.05) is 49.4 Å². The zero-order valence-electron chi connectivity index (χ0n) is 20.5. The molecule has 1 aromatic heterocycles. The molecule has 0 unspecified atom stereocenters. The van der Waals surface area contributed by atoms with Crippen LogP contribution in [0.25, 0.3) is 5.69 Å². The minimum Gasteiger partial charge on any atom is -0.475 e. The number of alkyl halides is 3. The number of aryl methyl sites for hydroxylation is 1. The Hall–Kier alpha value is -3.66. The summed E-state index contributed by atoms with van der Waals surface area (Å²) in [6.45, 7) is 4.24. The summed E-state index contributed by atoms with van der Waals surface area (Å²) < 4.78 is 33.5. The summed E-state index contributed by atoms with van der Waals surface area (Å²) in [6, 6.07) is 18.9. The molecule has 10 heteroatoms. The molecule has 1 aliphatic carbocycles. The molecule has 196 valence electrons. The Balaban J connectivity index is 0.000000405. The molecule has 1 saturated carbocycles. The Morgan fingerprint density at radius 3 is 2.24 bits per heavy atom. The van der Waals surface area contributed by atoms with Crippen molar-refractivity contribution in [1.29, 1.82) is 0 Å². The number of anilines is 1. The summed E-state index contributed by atoms with van der Waals surface area (Å²) >= 11 is 0. The molecule has 2 N–H and O–H groups in total. The number of hydrogen-bond donors (Lipinski definition) is 2. The number of aliphatic carboxylic acids is 1. The van der Waals surface area contributed by atoms with E-state index in [0.717, 1.165) is 49.0 Å². The molecule has 0 radical (unpaired) electrons. The highest BCUT2D eigenvalue weighted by molar-refractivity contribution is 6.03. The van der Waals surface area contributed by atoms with E-state index >= 15 is 0 Å². The fourth-order valence-corrected chi connectivity index (χ4v) is 4.55. The normalized spacial score (nSPS) is 16.0. The van der Waals surface area contributed by atoms with Gasteiger partial charge >= 0.3 is 12.1 Å². The number of benzene rings is 2. The first-order valence-electron chi connectivity index (χ1n) is 12.2. The summed E-state index contributed by atoms with van der Waals surface area (Å²) in [6.07, 6.45) is 1.15. The van der Waals surface area contributed by atoms with Gasteiger partial charge in [0, 0.05) is 30.5 Å². The number of halogens is 3. The van der Waals surface area contributed by atoms with E-state index in [1.165, 1.54) is 30.4 Å². The van der Waals surface area contributed by atoms with Crippen LogP contribution in [0.15, 0.2) is 54.6 Å². The SMILES string of the molecule is Cc1cc(C(=O)Nc2ccc3c(c2)CCN(C2CCC2)CC3)nn1-c1ccccc1.O=C(O)C(F)(F)F. The van der Waals surface area contributed by atoms with Crippen LogP contribution in [0.5, 0.6) is 0 Å². The Bertz CT molecular complexity index is 1250. The smallest absolute Gasteiger partial charge is 0.475 e. The minimum atomic E-state index is -5.08. The lowest BCUT2D eigenvalue weighted by Crippen LogP contribution is -2.41. The molecule has 3 aromatic rings. The Morgan fingerprint density at radius 1 is 1.00 bits per heavy atom. The van der Waals surface area contributed by atoms with Gasteiger partial charge in [-0.2, -0.15) is 18.3 Å². The van der Waals surface area contributed by atoms with Crippen molar-refractivity contribution in [2.24, 2.45) is 0 Å². The number of carbonyl (C=O) groups excluding carboxylic acids is 1. The molecule has 0 spiro atoms. The number of carbonyl (C=O) groups is 2. The third kappa shape index (κ3) is 6.56. The van der Waals surface area contributed by atoms with Gasteiger partial charge in [-0.1, -0.05) is 30.7 Å². The summed E-state index contributed by atoms with van der Waals surface area (Å²) in [7, 11) is 0. The van der Waals surface area contributed by atoms with Crippen LogP contribution in [-0.2, 0) is 17.6 Å². The molecule has 1 fully saturated rings. The predicted molar refractivity (Wildman–Crippen MR) is 133 cm³/mol. The molecule has 37 heavy (non-hydrogen) atoms. The Morgan fingerprint density at radius 2 is 1.65 bits per heavy atom. The van der Waals surface area contributed by atoms with Crippen molar-refractivity contribution in [2.75, 3.05) is 18.4 Å². The molecular formula is C27H29F3N4O3. The van der Waals surface area contributed by atoms with Gasteiger partial charge in [-0.3, -0.25) is 9.69 Å². The van der Waals surface area contributed by atoms with E-state index in [2.05, 4.69) is 27.4 Å². The lowest BCUT2D eigenvalue weighted by molar-refractivity contribution is -0.192. The molecular weight excluding hydrogens is 485 g/mol. The lowest BCUT2D eigenvalue weighted by atomic mass is 9.91. The van der Waals surface area contributed by atoms with Crippen molar-refractivity contribution < 1.29 is 27.9 Å².